The van der Waals surface area contributed by atoms with Crippen LogP contribution < -0.4 is 19.5 Å². The first-order valence-electron chi connectivity index (χ1n) is 9.97. The van der Waals surface area contributed by atoms with E-state index in [1.165, 1.54) is 0 Å². The minimum absolute atomic E-state index is 0.227. The minimum atomic E-state index is -0.424. The fraction of sp³-hybridized carbons (Fsp3) is 0.500. The van der Waals surface area contributed by atoms with Gasteiger partial charge in [-0.05, 0) is 32.0 Å². The Balaban J connectivity index is 2.76. The highest BCUT2D eigenvalue weighted by molar-refractivity contribution is 5.94. The van der Waals surface area contributed by atoms with Crippen molar-refractivity contribution in [2.75, 3.05) is 41.6 Å². The van der Waals surface area contributed by atoms with E-state index in [9.17, 15) is 4.79 Å². The summed E-state index contributed by atoms with van der Waals surface area (Å²) < 4.78 is 27.3. The second-order valence-corrected chi connectivity index (χ2v) is 6.54. The van der Waals surface area contributed by atoms with Crippen LogP contribution in [0.4, 0.5) is 0 Å². The summed E-state index contributed by atoms with van der Waals surface area (Å²) in [6.45, 7) is 5.76. The largest absolute Gasteiger partial charge is 0.493 e. The molecular formula is C22H32N2O6. The summed E-state index contributed by atoms with van der Waals surface area (Å²) in [7, 11) is 6.30. The van der Waals surface area contributed by atoms with Gasteiger partial charge < -0.3 is 34.0 Å². The van der Waals surface area contributed by atoms with Gasteiger partial charge in [0.25, 0.3) is 0 Å². The molecule has 0 unspecified atom stereocenters. The summed E-state index contributed by atoms with van der Waals surface area (Å²) >= 11 is 0. The maximum Gasteiger partial charge on any atom is 0.355 e. The van der Waals surface area contributed by atoms with Gasteiger partial charge in [0, 0.05) is 36.0 Å². The number of esters is 1. The molecule has 8 heteroatoms. The first kappa shape index (κ1) is 23.6. The van der Waals surface area contributed by atoms with Crippen LogP contribution in [0.3, 0.4) is 0 Å². The summed E-state index contributed by atoms with van der Waals surface area (Å²) in [5.41, 5.74) is 3.50. The number of methoxy groups -OCH3 is 4. The third-order valence-corrected chi connectivity index (χ3v) is 4.65. The number of carbonyl (C=O) groups is 1. The molecule has 2 N–H and O–H groups in total. The van der Waals surface area contributed by atoms with Gasteiger partial charge >= 0.3 is 5.97 Å². The summed E-state index contributed by atoms with van der Waals surface area (Å²) in [5, 5.41) is 3.38. The molecule has 0 spiro atoms. The van der Waals surface area contributed by atoms with Crippen molar-refractivity contribution in [3.63, 3.8) is 0 Å². The zero-order chi connectivity index (χ0) is 22.1. The highest BCUT2D eigenvalue weighted by atomic mass is 16.5. The van der Waals surface area contributed by atoms with Crippen LogP contribution in [0.1, 0.15) is 42.0 Å². The molecule has 0 saturated heterocycles. The Morgan fingerprint density at radius 2 is 1.77 bits per heavy atom. The van der Waals surface area contributed by atoms with Gasteiger partial charge in [-0.3, -0.25) is 0 Å². The second kappa shape index (κ2) is 11.5. The van der Waals surface area contributed by atoms with Crippen molar-refractivity contribution in [1.82, 2.24) is 10.3 Å². The van der Waals surface area contributed by atoms with E-state index in [1.807, 2.05) is 12.1 Å². The van der Waals surface area contributed by atoms with Crippen molar-refractivity contribution in [3.8, 4) is 28.4 Å². The van der Waals surface area contributed by atoms with Crippen LogP contribution >= 0.6 is 0 Å². The monoisotopic (exact) mass is 420 g/mol. The summed E-state index contributed by atoms with van der Waals surface area (Å²) in [6.07, 6.45) is 0.991. The lowest BCUT2D eigenvalue weighted by atomic mass is 9.98. The van der Waals surface area contributed by atoms with Gasteiger partial charge in [0.15, 0.2) is 11.5 Å². The van der Waals surface area contributed by atoms with Crippen molar-refractivity contribution in [3.05, 3.63) is 29.1 Å². The lowest BCUT2D eigenvalue weighted by Gasteiger charge is -2.17. The number of aromatic amines is 1. The minimum Gasteiger partial charge on any atom is -0.493 e. The van der Waals surface area contributed by atoms with Crippen LogP contribution in [0, 0.1) is 0 Å². The van der Waals surface area contributed by atoms with Gasteiger partial charge in [0.1, 0.15) is 5.69 Å². The topological polar surface area (TPSA) is 91.0 Å². The third kappa shape index (κ3) is 4.88. The number of hydrogen-bond acceptors (Lipinski definition) is 7. The molecule has 0 aliphatic heterocycles. The average molecular weight is 421 g/mol. The van der Waals surface area contributed by atoms with E-state index in [2.05, 4.69) is 17.2 Å². The summed E-state index contributed by atoms with van der Waals surface area (Å²) in [4.78, 5) is 15.9. The van der Waals surface area contributed by atoms with E-state index in [-0.39, 0.29) is 13.2 Å². The van der Waals surface area contributed by atoms with Crippen LogP contribution in [-0.2, 0) is 22.6 Å². The van der Waals surface area contributed by atoms with Gasteiger partial charge in [0.05, 0.1) is 34.5 Å². The zero-order valence-electron chi connectivity index (χ0n) is 18.6. The molecule has 8 nitrogen and oxygen atoms in total. The smallest absolute Gasteiger partial charge is 0.355 e. The normalized spacial score (nSPS) is 10.7. The van der Waals surface area contributed by atoms with E-state index in [0.717, 1.165) is 29.8 Å². The fourth-order valence-electron chi connectivity index (χ4n) is 3.41. The molecule has 0 aliphatic rings. The standard InChI is InChI=1S/C22H32N2O6/c1-7-11-23-12-16-18(15(13-26-3)19(24-16)22(25)30-8-2)14-9-10-17(27-4)21(29-6)20(14)28-5/h9-10,23-24H,7-8,11-13H2,1-6H3. The molecule has 30 heavy (non-hydrogen) atoms. The maximum absolute atomic E-state index is 12.6. The quantitative estimate of drug-likeness (QED) is 0.401. The number of H-pyrrole nitrogens is 1. The van der Waals surface area contributed by atoms with E-state index in [4.69, 9.17) is 23.7 Å². The van der Waals surface area contributed by atoms with E-state index in [0.29, 0.717) is 35.1 Å². The summed E-state index contributed by atoms with van der Waals surface area (Å²) in [5.74, 6) is 1.12. The van der Waals surface area contributed by atoms with E-state index < -0.39 is 5.97 Å². The molecular weight excluding hydrogens is 388 g/mol. The van der Waals surface area contributed by atoms with Crippen molar-refractivity contribution in [2.45, 2.75) is 33.4 Å². The first-order chi connectivity index (χ1) is 14.6. The Hall–Kier alpha value is -2.71. The SMILES string of the molecule is CCCNCc1[nH]c(C(=O)OCC)c(COC)c1-c1ccc(OC)c(OC)c1OC. The van der Waals surface area contributed by atoms with Crippen LogP contribution in [0.25, 0.3) is 11.1 Å². The highest BCUT2D eigenvalue weighted by Gasteiger charge is 2.27. The molecule has 0 aliphatic carbocycles. The molecule has 2 aromatic rings. The number of benzene rings is 1. The van der Waals surface area contributed by atoms with Crippen molar-refractivity contribution >= 4 is 5.97 Å². The van der Waals surface area contributed by atoms with E-state index in [1.54, 1.807) is 35.4 Å². The van der Waals surface area contributed by atoms with Gasteiger partial charge in [-0.2, -0.15) is 0 Å². The molecule has 0 radical (unpaired) electrons. The van der Waals surface area contributed by atoms with Gasteiger partial charge in [-0.15, -0.1) is 0 Å². The Kier molecular flexibility index (Phi) is 9.01. The lowest BCUT2D eigenvalue weighted by Crippen LogP contribution is -2.15. The predicted molar refractivity (Wildman–Crippen MR) is 115 cm³/mol. The van der Waals surface area contributed by atoms with E-state index >= 15 is 0 Å². The highest BCUT2D eigenvalue weighted by Crippen LogP contribution is 2.46. The molecule has 1 aromatic heterocycles. The van der Waals surface area contributed by atoms with Crippen molar-refractivity contribution < 1.29 is 28.5 Å². The number of ether oxygens (including phenoxy) is 5. The lowest BCUT2D eigenvalue weighted by molar-refractivity contribution is 0.0515. The summed E-state index contributed by atoms with van der Waals surface area (Å²) in [6, 6.07) is 3.70. The second-order valence-electron chi connectivity index (χ2n) is 6.54. The first-order valence-corrected chi connectivity index (χ1v) is 9.97. The Morgan fingerprint density at radius 3 is 2.33 bits per heavy atom. The van der Waals surface area contributed by atoms with Gasteiger partial charge in [-0.25, -0.2) is 4.79 Å². The molecule has 0 atom stereocenters. The predicted octanol–water partition coefficient (Wildman–Crippen LogP) is 3.53. The Labute approximate surface area is 177 Å². The number of aromatic nitrogens is 1. The molecule has 0 amide bonds. The fourth-order valence-corrected chi connectivity index (χ4v) is 3.41. The molecule has 0 fully saturated rings. The van der Waals surface area contributed by atoms with Crippen molar-refractivity contribution in [2.24, 2.45) is 0 Å². The van der Waals surface area contributed by atoms with Crippen LogP contribution in [0.2, 0.25) is 0 Å². The maximum atomic E-state index is 12.6. The number of hydrogen-bond donors (Lipinski definition) is 2. The molecule has 1 aromatic carbocycles. The van der Waals surface area contributed by atoms with Gasteiger partial charge in [-0.1, -0.05) is 6.92 Å². The van der Waals surface area contributed by atoms with Crippen LogP contribution in [-0.4, -0.2) is 52.5 Å². The number of rotatable bonds is 12. The third-order valence-electron chi connectivity index (χ3n) is 4.65. The molecule has 1 heterocycles. The molecule has 0 bridgehead atoms. The Morgan fingerprint density at radius 1 is 1.03 bits per heavy atom. The molecule has 166 valence electrons. The molecule has 0 saturated carbocycles. The van der Waals surface area contributed by atoms with Crippen LogP contribution in [0.5, 0.6) is 17.2 Å². The molecule has 2 rings (SSSR count). The zero-order valence-corrected chi connectivity index (χ0v) is 18.6. The van der Waals surface area contributed by atoms with Crippen molar-refractivity contribution in [1.29, 1.82) is 0 Å². The number of carbonyl (C=O) groups excluding carboxylic acids is 1. The van der Waals surface area contributed by atoms with Crippen LogP contribution in [0.15, 0.2) is 12.1 Å². The average Bonchev–Trinajstić information content (AvgIpc) is 3.11. The van der Waals surface area contributed by atoms with Gasteiger partial charge in [0.2, 0.25) is 5.75 Å². The Bertz CT molecular complexity index is 847. The number of nitrogens with one attached hydrogen (secondary N) is 2.